The molecule has 1 N–H and O–H groups in total. The summed E-state index contributed by atoms with van der Waals surface area (Å²) in [7, 11) is 3.19. The summed E-state index contributed by atoms with van der Waals surface area (Å²) in [5.41, 5.74) is 1.91. The van der Waals surface area contributed by atoms with E-state index in [1.54, 1.807) is 20.4 Å². The summed E-state index contributed by atoms with van der Waals surface area (Å²) in [6.45, 7) is 1.29. The molecule has 2 aromatic heterocycles. The summed E-state index contributed by atoms with van der Waals surface area (Å²) < 4.78 is 10.7. The van der Waals surface area contributed by atoms with Crippen molar-refractivity contribution in [1.29, 1.82) is 0 Å². The normalized spacial score (nSPS) is 16.5. The van der Waals surface area contributed by atoms with Crippen LogP contribution in [0.25, 0.3) is 10.9 Å². The molecule has 1 amide bonds. The molecule has 3 heterocycles. The number of nitrogens with one attached hydrogen (secondary N) is 1. The number of fused-ring (bicyclic) bond motifs is 1. The number of H-pyrrole nitrogens is 1. The van der Waals surface area contributed by atoms with Gasteiger partial charge in [0.05, 0.1) is 20.6 Å². The Hall–Kier alpha value is -3.35. The largest absolute Gasteiger partial charge is 0.497 e. The molecule has 1 saturated heterocycles. The van der Waals surface area contributed by atoms with Crippen LogP contribution in [0.15, 0.2) is 47.4 Å². The number of nitrogens with zero attached hydrogens (tertiary/aromatic N) is 2. The number of ether oxygens (including phenoxy) is 2. The van der Waals surface area contributed by atoms with Crippen molar-refractivity contribution in [1.82, 2.24) is 14.9 Å². The maximum absolute atomic E-state index is 13.0. The Balaban J connectivity index is 1.53. The van der Waals surface area contributed by atoms with Gasteiger partial charge in [0.1, 0.15) is 17.0 Å². The predicted molar refractivity (Wildman–Crippen MR) is 114 cm³/mol. The minimum absolute atomic E-state index is 0.0380. The van der Waals surface area contributed by atoms with Gasteiger partial charge in [0.25, 0.3) is 5.56 Å². The van der Waals surface area contributed by atoms with E-state index >= 15 is 0 Å². The Labute approximate surface area is 174 Å². The maximum Gasteiger partial charge on any atom is 0.274 e. The number of carbonyl (C=O) groups excluding carboxylic acids is 1. The number of rotatable bonds is 5. The first-order chi connectivity index (χ1) is 14.6. The second-order valence-corrected chi connectivity index (χ2v) is 7.53. The molecule has 1 aliphatic heterocycles. The first-order valence-corrected chi connectivity index (χ1v) is 10.1. The van der Waals surface area contributed by atoms with Crippen molar-refractivity contribution in [2.24, 2.45) is 0 Å². The van der Waals surface area contributed by atoms with Gasteiger partial charge in [-0.1, -0.05) is 6.07 Å². The molecule has 4 rings (SSSR count). The molecule has 0 aliphatic carbocycles. The van der Waals surface area contributed by atoms with Crippen molar-refractivity contribution in [3.63, 3.8) is 0 Å². The van der Waals surface area contributed by atoms with E-state index in [0.717, 1.165) is 29.5 Å². The maximum atomic E-state index is 13.0. The number of amides is 1. The van der Waals surface area contributed by atoms with Gasteiger partial charge in [-0.2, -0.15) is 0 Å². The molecule has 156 valence electrons. The van der Waals surface area contributed by atoms with Crippen LogP contribution in [0.5, 0.6) is 11.5 Å². The Morgan fingerprint density at radius 3 is 2.90 bits per heavy atom. The highest BCUT2D eigenvalue weighted by Gasteiger charge is 2.26. The Morgan fingerprint density at radius 1 is 1.23 bits per heavy atom. The molecular formula is C23H25N3O4. The lowest BCUT2D eigenvalue weighted by atomic mass is 9.93. The van der Waals surface area contributed by atoms with Crippen molar-refractivity contribution < 1.29 is 14.3 Å². The van der Waals surface area contributed by atoms with E-state index in [-0.39, 0.29) is 23.8 Å². The van der Waals surface area contributed by atoms with Gasteiger partial charge < -0.3 is 19.4 Å². The minimum Gasteiger partial charge on any atom is -0.497 e. The number of hydrogen-bond donors (Lipinski definition) is 1. The molecule has 0 saturated carbocycles. The minimum atomic E-state index is -0.187. The van der Waals surface area contributed by atoms with Crippen molar-refractivity contribution in [3.8, 4) is 11.5 Å². The van der Waals surface area contributed by atoms with Gasteiger partial charge >= 0.3 is 0 Å². The number of aromatic nitrogens is 2. The summed E-state index contributed by atoms with van der Waals surface area (Å²) in [6, 6.07) is 11.2. The molecule has 1 aliphatic rings. The summed E-state index contributed by atoms with van der Waals surface area (Å²) in [4.78, 5) is 34.4. The van der Waals surface area contributed by atoms with Crippen LogP contribution in [-0.2, 0) is 11.2 Å². The molecule has 0 unspecified atom stereocenters. The number of piperidine rings is 1. The fourth-order valence-electron chi connectivity index (χ4n) is 4.09. The monoisotopic (exact) mass is 407 g/mol. The molecule has 1 fully saturated rings. The zero-order chi connectivity index (χ0) is 21.1. The number of hydrogen-bond acceptors (Lipinski definition) is 5. The molecule has 0 bridgehead atoms. The van der Waals surface area contributed by atoms with Gasteiger partial charge in [-0.3, -0.25) is 14.6 Å². The lowest BCUT2D eigenvalue weighted by molar-refractivity contribution is -0.131. The van der Waals surface area contributed by atoms with Crippen LogP contribution in [0.2, 0.25) is 0 Å². The summed E-state index contributed by atoms with van der Waals surface area (Å²) in [5, 5.41) is 0.820. The molecule has 0 spiro atoms. The van der Waals surface area contributed by atoms with Crippen molar-refractivity contribution in [2.75, 3.05) is 27.3 Å². The van der Waals surface area contributed by atoms with Crippen molar-refractivity contribution in [3.05, 3.63) is 64.2 Å². The summed E-state index contributed by atoms with van der Waals surface area (Å²) in [6.07, 6.45) is 3.67. The highest BCUT2D eigenvalue weighted by Crippen LogP contribution is 2.29. The molecule has 1 aromatic carbocycles. The van der Waals surface area contributed by atoms with Crippen LogP contribution in [0, 0.1) is 0 Å². The molecule has 1 atom stereocenters. The quantitative estimate of drug-likeness (QED) is 0.703. The van der Waals surface area contributed by atoms with Crippen LogP contribution in [-0.4, -0.2) is 48.1 Å². The van der Waals surface area contributed by atoms with Gasteiger partial charge in [0.15, 0.2) is 0 Å². The average Bonchev–Trinajstić information content (AvgIpc) is 2.79. The van der Waals surface area contributed by atoms with Crippen LogP contribution in [0.4, 0.5) is 0 Å². The van der Waals surface area contributed by atoms with Crippen LogP contribution >= 0.6 is 0 Å². The standard InChI is InChI=1S/C23H25N3O4/c1-29-18-7-8-20(30-2)17(11-18)13-21(27)26-10-4-6-16(14-26)19-12-15-5-3-9-24-22(15)23(28)25-19/h3,5,7-9,11-12,16H,4,6,10,13-14H2,1-2H3,(H,25,28)/t16-/m0/s1. The summed E-state index contributed by atoms with van der Waals surface area (Å²) in [5.74, 6) is 1.49. The third-order valence-corrected chi connectivity index (χ3v) is 5.67. The molecule has 7 nitrogen and oxygen atoms in total. The topological polar surface area (TPSA) is 84.5 Å². The molecule has 0 radical (unpaired) electrons. The van der Waals surface area contributed by atoms with Crippen molar-refractivity contribution >= 4 is 16.8 Å². The third kappa shape index (κ3) is 4.01. The van der Waals surface area contributed by atoms with Gasteiger partial charge in [0, 0.05) is 41.8 Å². The number of likely N-dealkylation sites (tertiary alicyclic amines) is 1. The number of methoxy groups -OCH3 is 2. The van der Waals surface area contributed by atoms with E-state index in [2.05, 4.69) is 9.97 Å². The van der Waals surface area contributed by atoms with E-state index in [4.69, 9.17) is 9.47 Å². The number of pyridine rings is 2. The predicted octanol–water partition coefficient (Wildman–Crippen LogP) is 2.89. The van der Waals surface area contributed by atoms with Crippen LogP contribution in [0.3, 0.4) is 0 Å². The second kappa shape index (κ2) is 8.57. The Kier molecular flexibility index (Phi) is 5.70. The third-order valence-electron chi connectivity index (χ3n) is 5.67. The SMILES string of the molecule is COc1ccc(OC)c(CC(=O)N2CCC[C@H](c3cc4cccnc4c(=O)[nH]3)C2)c1. The number of benzene rings is 1. The Bertz CT molecular complexity index is 1120. The first-order valence-electron chi connectivity index (χ1n) is 10.1. The Morgan fingerprint density at radius 2 is 2.10 bits per heavy atom. The zero-order valence-electron chi connectivity index (χ0n) is 17.2. The lowest BCUT2D eigenvalue weighted by Crippen LogP contribution is -2.40. The van der Waals surface area contributed by atoms with Gasteiger partial charge in [0.2, 0.25) is 5.91 Å². The first kappa shape index (κ1) is 19.9. The van der Waals surface area contributed by atoms with Crippen LogP contribution < -0.4 is 15.0 Å². The highest BCUT2D eigenvalue weighted by molar-refractivity contribution is 5.80. The molecule has 3 aromatic rings. The van der Waals surface area contributed by atoms with E-state index in [0.29, 0.717) is 30.1 Å². The molecule has 30 heavy (non-hydrogen) atoms. The molecular weight excluding hydrogens is 382 g/mol. The van der Waals surface area contributed by atoms with Gasteiger partial charge in [-0.05, 0) is 43.2 Å². The fourth-order valence-corrected chi connectivity index (χ4v) is 4.09. The second-order valence-electron chi connectivity index (χ2n) is 7.53. The van der Waals surface area contributed by atoms with Crippen LogP contribution in [0.1, 0.15) is 30.0 Å². The van der Waals surface area contributed by atoms with E-state index < -0.39 is 0 Å². The lowest BCUT2D eigenvalue weighted by Gasteiger charge is -2.33. The fraction of sp³-hybridized carbons (Fsp3) is 0.348. The number of carbonyl (C=O) groups is 1. The van der Waals surface area contributed by atoms with E-state index in [1.807, 2.05) is 41.3 Å². The van der Waals surface area contributed by atoms with E-state index in [9.17, 15) is 9.59 Å². The van der Waals surface area contributed by atoms with Crippen molar-refractivity contribution in [2.45, 2.75) is 25.2 Å². The van der Waals surface area contributed by atoms with Gasteiger partial charge in [-0.25, -0.2) is 0 Å². The highest BCUT2D eigenvalue weighted by atomic mass is 16.5. The smallest absolute Gasteiger partial charge is 0.274 e. The molecule has 7 heteroatoms. The van der Waals surface area contributed by atoms with E-state index in [1.165, 1.54) is 0 Å². The number of aromatic amines is 1. The summed E-state index contributed by atoms with van der Waals surface area (Å²) >= 11 is 0. The van der Waals surface area contributed by atoms with Gasteiger partial charge in [-0.15, -0.1) is 0 Å². The zero-order valence-corrected chi connectivity index (χ0v) is 17.2. The average molecular weight is 407 g/mol.